The largest absolute Gasteiger partial charge is 0.494 e. The van der Waals surface area contributed by atoms with Gasteiger partial charge in [0.15, 0.2) is 0 Å². The van der Waals surface area contributed by atoms with E-state index in [2.05, 4.69) is 33.2 Å². The minimum absolute atomic E-state index is 0.604. The number of aromatic nitrogens is 1. The van der Waals surface area contributed by atoms with Gasteiger partial charge in [0.05, 0.1) is 6.61 Å². The molecule has 1 aromatic heterocycles. The molecule has 0 aliphatic rings. The number of ether oxygens (including phenoxy) is 2. The van der Waals surface area contributed by atoms with Crippen molar-refractivity contribution >= 4 is 15.9 Å². The zero-order valence-corrected chi connectivity index (χ0v) is 13.8. The van der Waals surface area contributed by atoms with Gasteiger partial charge in [-0.25, -0.2) is 4.98 Å². The standard InChI is InChI=1S/C16H19BrN2O2/c1-3-18-10-12-8-13(17)11-19-16(12)21-15-7-5-6-14(9-15)20-4-2/h5-9,11,18H,3-4,10H2,1-2H3. The molecule has 21 heavy (non-hydrogen) atoms. The maximum absolute atomic E-state index is 5.90. The zero-order valence-electron chi connectivity index (χ0n) is 12.2. The van der Waals surface area contributed by atoms with Gasteiger partial charge in [0, 0.05) is 28.8 Å². The van der Waals surface area contributed by atoms with Crippen LogP contribution in [0.3, 0.4) is 0 Å². The van der Waals surface area contributed by atoms with Crippen molar-refractivity contribution in [3.63, 3.8) is 0 Å². The van der Waals surface area contributed by atoms with Crippen LogP contribution < -0.4 is 14.8 Å². The van der Waals surface area contributed by atoms with Crippen LogP contribution in [-0.2, 0) is 6.54 Å². The zero-order chi connectivity index (χ0) is 15.1. The predicted octanol–water partition coefficient (Wildman–Crippen LogP) is 4.14. The molecule has 0 amide bonds. The first-order valence-corrected chi connectivity index (χ1v) is 7.78. The van der Waals surface area contributed by atoms with E-state index in [1.807, 2.05) is 37.3 Å². The molecule has 2 aromatic rings. The normalized spacial score (nSPS) is 10.4. The van der Waals surface area contributed by atoms with Crippen LogP contribution in [0.15, 0.2) is 41.0 Å². The maximum Gasteiger partial charge on any atom is 0.223 e. The number of nitrogens with one attached hydrogen (secondary N) is 1. The van der Waals surface area contributed by atoms with Gasteiger partial charge in [-0.3, -0.25) is 0 Å². The van der Waals surface area contributed by atoms with E-state index in [0.29, 0.717) is 24.8 Å². The minimum atomic E-state index is 0.604. The van der Waals surface area contributed by atoms with E-state index in [1.54, 1.807) is 6.20 Å². The number of hydrogen-bond donors (Lipinski definition) is 1. The molecular formula is C16H19BrN2O2. The van der Waals surface area contributed by atoms with Gasteiger partial charge >= 0.3 is 0 Å². The van der Waals surface area contributed by atoms with Crippen molar-refractivity contribution in [2.75, 3.05) is 13.2 Å². The monoisotopic (exact) mass is 350 g/mol. The Kier molecular flexibility index (Phi) is 6.02. The molecule has 0 unspecified atom stereocenters. The van der Waals surface area contributed by atoms with Gasteiger partial charge in [-0.1, -0.05) is 13.0 Å². The first-order valence-electron chi connectivity index (χ1n) is 6.98. The van der Waals surface area contributed by atoms with Crippen LogP contribution in [0.25, 0.3) is 0 Å². The van der Waals surface area contributed by atoms with E-state index in [-0.39, 0.29) is 0 Å². The third kappa shape index (κ3) is 4.72. The van der Waals surface area contributed by atoms with Gasteiger partial charge in [0.2, 0.25) is 5.88 Å². The fourth-order valence-electron chi connectivity index (χ4n) is 1.85. The smallest absolute Gasteiger partial charge is 0.223 e. The molecule has 2 rings (SSSR count). The molecule has 0 radical (unpaired) electrons. The first-order chi connectivity index (χ1) is 10.2. The lowest BCUT2D eigenvalue weighted by Gasteiger charge is -2.12. The van der Waals surface area contributed by atoms with Crippen molar-refractivity contribution in [2.45, 2.75) is 20.4 Å². The Morgan fingerprint density at radius 1 is 1.19 bits per heavy atom. The third-order valence-corrected chi connectivity index (χ3v) is 3.22. The van der Waals surface area contributed by atoms with Gasteiger partial charge in [-0.15, -0.1) is 0 Å². The molecule has 5 heteroatoms. The summed E-state index contributed by atoms with van der Waals surface area (Å²) in [7, 11) is 0. The number of halogens is 1. The summed E-state index contributed by atoms with van der Waals surface area (Å²) < 4.78 is 12.3. The summed E-state index contributed by atoms with van der Waals surface area (Å²) in [6.07, 6.45) is 1.73. The molecule has 1 N–H and O–H groups in total. The Morgan fingerprint density at radius 2 is 2.00 bits per heavy atom. The SMILES string of the molecule is CCNCc1cc(Br)cnc1Oc1cccc(OCC)c1. The van der Waals surface area contributed by atoms with E-state index < -0.39 is 0 Å². The van der Waals surface area contributed by atoms with Crippen LogP contribution in [0.1, 0.15) is 19.4 Å². The Balaban J connectivity index is 2.20. The Hall–Kier alpha value is -1.59. The van der Waals surface area contributed by atoms with Gasteiger partial charge in [-0.2, -0.15) is 0 Å². The summed E-state index contributed by atoms with van der Waals surface area (Å²) >= 11 is 3.44. The van der Waals surface area contributed by atoms with Gasteiger partial charge in [0.25, 0.3) is 0 Å². The summed E-state index contributed by atoms with van der Waals surface area (Å²) in [6.45, 7) is 6.26. The summed E-state index contributed by atoms with van der Waals surface area (Å²) in [4.78, 5) is 4.35. The van der Waals surface area contributed by atoms with Gasteiger partial charge < -0.3 is 14.8 Å². The molecule has 0 saturated heterocycles. The molecule has 4 nitrogen and oxygen atoms in total. The summed E-state index contributed by atoms with van der Waals surface area (Å²) in [5, 5.41) is 3.28. The lowest BCUT2D eigenvalue weighted by Crippen LogP contribution is -2.13. The molecule has 112 valence electrons. The lowest BCUT2D eigenvalue weighted by atomic mass is 10.2. The van der Waals surface area contributed by atoms with Crippen molar-refractivity contribution < 1.29 is 9.47 Å². The second-order valence-electron chi connectivity index (χ2n) is 4.41. The highest BCUT2D eigenvalue weighted by Gasteiger charge is 2.08. The Labute approximate surface area is 133 Å². The van der Waals surface area contributed by atoms with Crippen molar-refractivity contribution in [1.29, 1.82) is 0 Å². The molecular weight excluding hydrogens is 332 g/mol. The van der Waals surface area contributed by atoms with Crippen molar-refractivity contribution in [1.82, 2.24) is 10.3 Å². The molecule has 0 saturated carbocycles. The average Bonchev–Trinajstić information content (AvgIpc) is 2.48. The number of rotatable bonds is 7. The molecule has 0 aliphatic heterocycles. The fraction of sp³-hybridized carbons (Fsp3) is 0.312. The number of benzene rings is 1. The second-order valence-corrected chi connectivity index (χ2v) is 5.32. The number of nitrogens with zero attached hydrogens (tertiary/aromatic N) is 1. The molecule has 0 spiro atoms. The van der Waals surface area contributed by atoms with Crippen molar-refractivity contribution in [2.24, 2.45) is 0 Å². The predicted molar refractivity (Wildman–Crippen MR) is 87.0 cm³/mol. The van der Waals surface area contributed by atoms with Crippen LogP contribution in [0.5, 0.6) is 17.4 Å². The highest BCUT2D eigenvalue weighted by molar-refractivity contribution is 9.10. The van der Waals surface area contributed by atoms with Crippen molar-refractivity contribution in [3.05, 3.63) is 46.6 Å². The van der Waals surface area contributed by atoms with Gasteiger partial charge in [0.1, 0.15) is 11.5 Å². The fourth-order valence-corrected chi connectivity index (χ4v) is 2.23. The minimum Gasteiger partial charge on any atom is -0.494 e. The van der Waals surface area contributed by atoms with E-state index in [1.165, 1.54) is 0 Å². The van der Waals surface area contributed by atoms with E-state index >= 15 is 0 Å². The Bertz CT molecular complexity index is 590. The molecule has 0 atom stereocenters. The molecule has 0 bridgehead atoms. The van der Waals surface area contributed by atoms with Crippen LogP contribution >= 0.6 is 15.9 Å². The summed E-state index contributed by atoms with van der Waals surface area (Å²) in [6, 6.07) is 9.58. The lowest BCUT2D eigenvalue weighted by molar-refractivity contribution is 0.337. The van der Waals surface area contributed by atoms with E-state index in [0.717, 1.165) is 22.3 Å². The van der Waals surface area contributed by atoms with Crippen LogP contribution in [0.4, 0.5) is 0 Å². The highest BCUT2D eigenvalue weighted by atomic mass is 79.9. The summed E-state index contributed by atoms with van der Waals surface area (Å²) in [5.41, 5.74) is 1.01. The quantitative estimate of drug-likeness (QED) is 0.814. The second kappa shape index (κ2) is 8.00. The maximum atomic E-state index is 5.90. The Morgan fingerprint density at radius 3 is 2.76 bits per heavy atom. The van der Waals surface area contributed by atoms with Crippen LogP contribution in [0, 0.1) is 0 Å². The molecule has 1 aromatic carbocycles. The van der Waals surface area contributed by atoms with Crippen LogP contribution in [-0.4, -0.2) is 18.1 Å². The van der Waals surface area contributed by atoms with Crippen molar-refractivity contribution in [3.8, 4) is 17.4 Å². The summed E-state index contributed by atoms with van der Waals surface area (Å²) in [5.74, 6) is 2.11. The average molecular weight is 351 g/mol. The highest BCUT2D eigenvalue weighted by Crippen LogP contribution is 2.27. The number of pyridine rings is 1. The first kappa shape index (κ1) is 15.8. The molecule has 0 fully saturated rings. The third-order valence-electron chi connectivity index (χ3n) is 2.79. The van der Waals surface area contributed by atoms with Crippen LogP contribution in [0.2, 0.25) is 0 Å². The molecule has 1 heterocycles. The topological polar surface area (TPSA) is 43.4 Å². The van der Waals surface area contributed by atoms with Gasteiger partial charge in [-0.05, 0) is 47.6 Å². The molecule has 0 aliphatic carbocycles. The number of hydrogen-bond acceptors (Lipinski definition) is 4. The van der Waals surface area contributed by atoms with E-state index in [4.69, 9.17) is 9.47 Å². The van der Waals surface area contributed by atoms with E-state index in [9.17, 15) is 0 Å².